The molecular formula is C10H20N4. The van der Waals surface area contributed by atoms with Crippen molar-refractivity contribution in [1.29, 1.82) is 0 Å². The Morgan fingerprint density at radius 2 is 2.07 bits per heavy atom. The lowest BCUT2D eigenvalue weighted by Crippen LogP contribution is -2.35. The summed E-state index contributed by atoms with van der Waals surface area (Å²) in [6.45, 7) is 6.19. The maximum atomic E-state index is 6.19. The molecule has 1 rings (SSSR count). The summed E-state index contributed by atoms with van der Waals surface area (Å²) in [7, 11) is 1.91. The Balaban J connectivity index is 2.98. The number of hydrogen-bond acceptors (Lipinski definition) is 3. The average Bonchev–Trinajstić information content (AvgIpc) is 2.47. The molecule has 4 nitrogen and oxygen atoms in total. The van der Waals surface area contributed by atoms with Crippen molar-refractivity contribution in [3.05, 3.63) is 11.6 Å². The highest BCUT2D eigenvalue weighted by atomic mass is 15.3. The molecule has 14 heavy (non-hydrogen) atoms. The van der Waals surface area contributed by atoms with E-state index in [2.05, 4.69) is 17.0 Å². The Morgan fingerprint density at radius 1 is 1.43 bits per heavy atom. The molecule has 1 heterocycles. The Hall–Kier alpha value is -0.900. The fourth-order valence-corrected chi connectivity index (χ4v) is 1.72. The van der Waals surface area contributed by atoms with Crippen molar-refractivity contribution in [1.82, 2.24) is 14.8 Å². The Kier molecular flexibility index (Phi) is 3.26. The summed E-state index contributed by atoms with van der Waals surface area (Å²) >= 11 is 0. The van der Waals surface area contributed by atoms with Gasteiger partial charge in [0.2, 0.25) is 0 Å². The maximum absolute atomic E-state index is 6.19. The third-order valence-corrected chi connectivity index (χ3v) is 2.40. The minimum absolute atomic E-state index is 0.357. The first-order chi connectivity index (χ1) is 6.51. The molecule has 1 atom stereocenters. The molecule has 4 heteroatoms. The SMILES string of the molecule is CCCC(C)(N)c1nc(CC)nn1C. The third kappa shape index (κ3) is 2.12. The lowest BCUT2D eigenvalue weighted by atomic mass is 9.97. The molecule has 0 aliphatic heterocycles. The lowest BCUT2D eigenvalue weighted by Gasteiger charge is -2.22. The topological polar surface area (TPSA) is 56.7 Å². The van der Waals surface area contributed by atoms with Crippen LogP contribution < -0.4 is 5.73 Å². The van der Waals surface area contributed by atoms with Crippen LogP contribution in [0.15, 0.2) is 0 Å². The number of nitrogens with two attached hydrogens (primary N) is 1. The van der Waals surface area contributed by atoms with Crippen molar-refractivity contribution in [3.8, 4) is 0 Å². The van der Waals surface area contributed by atoms with Gasteiger partial charge in [-0.05, 0) is 13.3 Å². The number of aryl methyl sites for hydroxylation is 2. The van der Waals surface area contributed by atoms with Crippen LogP contribution in [0.1, 0.15) is 45.3 Å². The predicted octanol–water partition coefficient (Wildman–Crippen LogP) is 1.35. The van der Waals surface area contributed by atoms with Gasteiger partial charge in [0, 0.05) is 13.5 Å². The third-order valence-electron chi connectivity index (χ3n) is 2.40. The zero-order chi connectivity index (χ0) is 10.8. The van der Waals surface area contributed by atoms with E-state index in [1.54, 1.807) is 4.68 Å². The van der Waals surface area contributed by atoms with E-state index in [9.17, 15) is 0 Å². The van der Waals surface area contributed by atoms with Crippen LogP contribution >= 0.6 is 0 Å². The number of nitrogens with zero attached hydrogens (tertiary/aromatic N) is 3. The number of aromatic nitrogens is 3. The van der Waals surface area contributed by atoms with Crippen LogP contribution in [-0.2, 0) is 19.0 Å². The van der Waals surface area contributed by atoms with Gasteiger partial charge < -0.3 is 5.73 Å². The molecule has 0 bridgehead atoms. The zero-order valence-electron chi connectivity index (χ0n) is 9.54. The van der Waals surface area contributed by atoms with Crippen molar-refractivity contribution in [2.24, 2.45) is 12.8 Å². The van der Waals surface area contributed by atoms with Crippen LogP contribution in [0.25, 0.3) is 0 Å². The van der Waals surface area contributed by atoms with Crippen molar-refractivity contribution >= 4 is 0 Å². The van der Waals surface area contributed by atoms with Crippen molar-refractivity contribution < 1.29 is 0 Å². The molecule has 0 aliphatic carbocycles. The quantitative estimate of drug-likeness (QED) is 0.791. The lowest BCUT2D eigenvalue weighted by molar-refractivity contribution is 0.401. The monoisotopic (exact) mass is 196 g/mol. The van der Waals surface area contributed by atoms with Gasteiger partial charge >= 0.3 is 0 Å². The maximum Gasteiger partial charge on any atom is 0.150 e. The molecule has 0 aromatic carbocycles. The van der Waals surface area contributed by atoms with Crippen LogP contribution in [0, 0.1) is 0 Å². The summed E-state index contributed by atoms with van der Waals surface area (Å²) in [5.74, 6) is 1.76. The molecule has 0 fully saturated rings. The zero-order valence-corrected chi connectivity index (χ0v) is 9.54. The molecule has 0 aliphatic rings. The van der Waals surface area contributed by atoms with Crippen LogP contribution in [-0.4, -0.2) is 14.8 Å². The molecule has 80 valence electrons. The van der Waals surface area contributed by atoms with Crippen LogP contribution in [0.4, 0.5) is 0 Å². The molecule has 1 unspecified atom stereocenters. The van der Waals surface area contributed by atoms with Crippen molar-refractivity contribution in [3.63, 3.8) is 0 Å². The molecule has 2 N–H and O–H groups in total. The van der Waals surface area contributed by atoms with E-state index in [1.807, 2.05) is 20.9 Å². The van der Waals surface area contributed by atoms with Crippen LogP contribution in [0.5, 0.6) is 0 Å². The molecule has 1 aromatic heterocycles. The molecule has 0 radical (unpaired) electrons. The van der Waals surface area contributed by atoms with Gasteiger partial charge in [0.15, 0.2) is 5.82 Å². The molecular weight excluding hydrogens is 176 g/mol. The Morgan fingerprint density at radius 3 is 2.50 bits per heavy atom. The second kappa shape index (κ2) is 4.09. The van der Waals surface area contributed by atoms with E-state index in [0.717, 1.165) is 30.9 Å². The molecule has 0 spiro atoms. The van der Waals surface area contributed by atoms with Gasteiger partial charge in [-0.25, -0.2) is 4.98 Å². The Labute approximate surface area is 85.5 Å². The van der Waals surface area contributed by atoms with Gasteiger partial charge in [-0.3, -0.25) is 4.68 Å². The standard InChI is InChI=1S/C10H20N4/c1-5-7-10(3,11)9-12-8(6-2)13-14(9)4/h5-7,11H2,1-4H3. The van der Waals surface area contributed by atoms with E-state index in [0.29, 0.717) is 0 Å². The molecule has 1 aromatic rings. The smallest absolute Gasteiger partial charge is 0.150 e. The molecule has 0 amide bonds. The summed E-state index contributed by atoms with van der Waals surface area (Å²) < 4.78 is 1.80. The van der Waals surface area contributed by atoms with Crippen molar-refractivity contribution in [2.45, 2.75) is 45.6 Å². The minimum atomic E-state index is -0.357. The largest absolute Gasteiger partial charge is 0.319 e. The second-order valence-electron chi connectivity index (χ2n) is 4.00. The van der Waals surface area contributed by atoms with E-state index in [1.165, 1.54) is 0 Å². The number of rotatable bonds is 4. The fraction of sp³-hybridized carbons (Fsp3) is 0.800. The average molecular weight is 196 g/mol. The highest BCUT2D eigenvalue weighted by molar-refractivity contribution is 5.05. The second-order valence-corrected chi connectivity index (χ2v) is 4.00. The van der Waals surface area contributed by atoms with E-state index in [-0.39, 0.29) is 5.54 Å². The summed E-state index contributed by atoms with van der Waals surface area (Å²) in [5, 5.41) is 4.30. The summed E-state index contributed by atoms with van der Waals surface area (Å²) in [4.78, 5) is 4.45. The minimum Gasteiger partial charge on any atom is -0.319 e. The first kappa shape index (κ1) is 11.2. The van der Waals surface area contributed by atoms with Crippen molar-refractivity contribution in [2.75, 3.05) is 0 Å². The summed E-state index contributed by atoms with van der Waals surface area (Å²) in [6, 6.07) is 0. The van der Waals surface area contributed by atoms with Gasteiger partial charge in [0.1, 0.15) is 5.82 Å². The fourth-order valence-electron chi connectivity index (χ4n) is 1.72. The van der Waals surface area contributed by atoms with Gasteiger partial charge in [0.05, 0.1) is 5.54 Å². The summed E-state index contributed by atoms with van der Waals surface area (Å²) in [5.41, 5.74) is 5.84. The van der Waals surface area contributed by atoms with Gasteiger partial charge in [-0.15, -0.1) is 0 Å². The van der Waals surface area contributed by atoms with Crippen LogP contribution in [0.2, 0.25) is 0 Å². The van der Waals surface area contributed by atoms with Gasteiger partial charge in [-0.2, -0.15) is 5.10 Å². The van der Waals surface area contributed by atoms with Gasteiger partial charge in [0.25, 0.3) is 0 Å². The van der Waals surface area contributed by atoms with E-state index >= 15 is 0 Å². The highest BCUT2D eigenvalue weighted by Crippen LogP contribution is 2.20. The van der Waals surface area contributed by atoms with E-state index < -0.39 is 0 Å². The normalized spacial score (nSPS) is 15.5. The van der Waals surface area contributed by atoms with Crippen LogP contribution in [0.3, 0.4) is 0 Å². The first-order valence-corrected chi connectivity index (χ1v) is 5.20. The molecule has 0 saturated heterocycles. The predicted molar refractivity (Wildman–Crippen MR) is 56.8 cm³/mol. The summed E-state index contributed by atoms with van der Waals surface area (Å²) in [6.07, 6.45) is 2.85. The Bertz CT molecular complexity index is 301. The van der Waals surface area contributed by atoms with Gasteiger partial charge in [-0.1, -0.05) is 20.3 Å². The first-order valence-electron chi connectivity index (χ1n) is 5.20. The number of hydrogen-bond donors (Lipinski definition) is 1. The highest BCUT2D eigenvalue weighted by Gasteiger charge is 2.26. The molecule has 0 saturated carbocycles. The van der Waals surface area contributed by atoms with E-state index in [4.69, 9.17) is 5.73 Å².